The van der Waals surface area contributed by atoms with E-state index < -0.39 is 0 Å². The van der Waals surface area contributed by atoms with Crippen LogP contribution in [0.5, 0.6) is 0 Å². The topological polar surface area (TPSA) is 68.0 Å². The molecule has 0 aromatic carbocycles. The smallest absolute Gasteiger partial charge is 0.173 e. The predicted molar refractivity (Wildman–Crippen MR) is 63.2 cm³/mol. The van der Waals surface area contributed by atoms with E-state index in [4.69, 9.17) is 5.73 Å². The van der Waals surface area contributed by atoms with Gasteiger partial charge in [-0.25, -0.2) is 0 Å². The second-order valence-corrected chi connectivity index (χ2v) is 4.63. The van der Waals surface area contributed by atoms with Gasteiger partial charge in [0.05, 0.1) is 5.56 Å². The summed E-state index contributed by atoms with van der Waals surface area (Å²) in [4.78, 5) is 16.4. The summed E-state index contributed by atoms with van der Waals surface area (Å²) in [6.07, 6.45) is 5.11. The van der Waals surface area contributed by atoms with E-state index in [-0.39, 0.29) is 11.2 Å². The van der Waals surface area contributed by atoms with Crippen LogP contribution in [0.2, 0.25) is 0 Å². The van der Waals surface area contributed by atoms with Crippen LogP contribution < -0.4 is 11.1 Å². The Morgan fingerprint density at radius 3 is 3.06 bits per heavy atom. The number of pyridine rings is 1. The zero-order chi connectivity index (χ0) is 11.6. The maximum Gasteiger partial charge on any atom is 0.173 e. The summed E-state index contributed by atoms with van der Waals surface area (Å²) in [6.45, 7) is 3.71. The monoisotopic (exact) mass is 219 g/mol. The SMILES string of the molecule is CC1(C(=O)c2cnccc2N)CCCNC1. The number of hydrogen-bond acceptors (Lipinski definition) is 4. The molecule has 0 spiro atoms. The number of Topliss-reactive ketones (excluding diaryl/α,β-unsaturated/α-hetero) is 1. The highest BCUT2D eigenvalue weighted by molar-refractivity contribution is 6.04. The van der Waals surface area contributed by atoms with Crippen molar-refractivity contribution < 1.29 is 4.79 Å². The van der Waals surface area contributed by atoms with Crippen molar-refractivity contribution >= 4 is 11.5 Å². The third-order valence-corrected chi connectivity index (χ3v) is 3.24. The lowest BCUT2D eigenvalue weighted by Crippen LogP contribution is -2.43. The Morgan fingerprint density at radius 1 is 1.62 bits per heavy atom. The van der Waals surface area contributed by atoms with Crippen molar-refractivity contribution in [1.29, 1.82) is 0 Å². The number of ketones is 1. The number of carbonyl (C=O) groups excluding carboxylic acids is 1. The van der Waals surface area contributed by atoms with E-state index in [2.05, 4.69) is 10.3 Å². The molecule has 0 saturated carbocycles. The molecule has 1 saturated heterocycles. The number of hydrogen-bond donors (Lipinski definition) is 2. The Labute approximate surface area is 95.3 Å². The minimum absolute atomic E-state index is 0.102. The van der Waals surface area contributed by atoms with E-state index >= 15 is 0 Å². The summed E-state index contributed by atoms with van der Waals surface area (Å²) in [5.41, 5.74) is 6.54. The molecule has 3 N–H and O–H groups in total. The van der Waals surface area contributed by atoms with Gasteiger partial charge in [0.2, 0.25) is 0 Å². The van der Waals surface area contributed by atoms with Crippen molar-refractivity contribution in [2.45, 2.75) is 19.8 Å². The number of anilines is 1. The standard InChI is InChI=1S/C12H17N3O/c1-12(4-2-5-15-8-12)11(16)9-7-14-6-3-10(9)13/h3,6-7,15H,2,4-5,8H2,1H3,(H2,13,14). The molecule has 2 heterocycles. The molecule has 0 radical (unpaired) electrons. The van der Waals surface area contributed by atoms with Crippen LogP contribution in [-0.4, -0.2) is 23.9 Å². The van der Waals surface area contributed by atoms with Crippen molar-refractivity contribution in [3.8, 4) is 0 Å². The van der Waals surface area contributed by atoms with Gasteiger partial charge in [0.1, 0.15) is 0 Å². The summed E-state index contributed by atoms with van der Waals surface area (Å²) in [6, 6.07) is 1.67. The zero-order valence-electron chi connectivity index (χ0n) is 9.49. The molecule has 4 heteroatoms. The molecule has 86 valence electrons. The van der Waals surface area contributed by atoms with Gasteiger partial charge in [-0.2, -0.15) is 0 Å². The van der Waals surface area contributed by atoms with E-state index in [0.717, 1.165) is 25.9 Å². The highest BCUT2D eigenvalue weighted by Gasteiger charge is 2.35. The summed E-state index contributed by atoms with van der Waals surface area (Å²) < 4.78 is 0. The van der Waals surface area contributed by atoms with Crippen molar-refractivity contribution in [3.05, 3.63) is 24.0 Å². The first-order chi connectivity index (χ1) is 7.63. The summed E-state index contributed by atoms with van der Waals surface area (Å²) in [5.74, 6) is 0.102. The number of nitrogens with two attached hydrogens (primary N) is 1. The summed E-state index contributed by atoms with van der Waals surface area (Å²) >= 11 is 0. The number of nitrogens with one attached hydrogen (secondary N) is 1. The minimum atomic E-state index is -0.338. The fourth-order valence-corrected chi connectivity index (χ4v) is 2.17. The second kappa shape index (κ2) is 4.22. The predicted octanol–water partition coefficient (Wildman–Crippen LogP) is 1.24. The maximum absolute atomic E-state index is 12.4. The molecule has 0 aliphatic carbocycles. The number of rotatable bonds is 2. The largest absolute Gasteiger partial charge is 0.398 e. The Balaban J connectivity index is 2.28. The molecular weight excluding hydrogens is 202 g/mol. The number of carbonyl (C=O) groups is 1. The Kier molecular flexibility index (Phi) is 2.92. The first-order valence-corrected chi connectivity index (χ1v) is 5.58. The Bertz CT molecular complexity index is 397. The number of nitrogen functional groups attached to an aromatic ring is 1. The molecular formula is C12H17N3O. The summed E-state index contributed by atoms with van der Waals surface area (Å²) in [5, 5.41) is 3.26. The van der Waals surface area contributed by atoms with Crippen molar-refractivity contribution in [2.24, 2.45) is 5.41 Å². The molecule has 1 atom stereocenters. The number of nitrogens with zero attached hydrogens (tertiary/aromatic N) is 1. The van der Waals surface area contributed by atoms with Crippen LogP contribution in [0, 0.1) is 5.41 Å². The zero-order valence-corrected chi connectivity index (χ0v) is 9.49. The molecule has 0 amide bonds. The van der Waals surface area contributed by atoms with E-state index in [1.807, 2.05) is 6.92 Å². The first-order valence-electron chi connectivity index (χ1n) is 5.58. The van der Waals surface area contributed by atoms with Crippen LogP contribution in [-0.2, 0) is 0 Å². The van der Waals surface area contributed by atoms with Gasteiger partial charge in [0, 0.05) is 30.0 Å². The second-order valence-electron chi connectivity index (χ2n) is 4.63. The molecule has 1 aliphatic rings. The Morgan fingerprint density at radius 2 is 2.44 bits per heavy atom. The highest BCUT2D eigenvalue weighted by Crippen LogP contribution is 2.31. The van der Waals surface area contributed by atoms with Crippen LogP contribution in [0.4, 0.5) is 5.69 Å². The molecule has 1 aromatic rings. The van der Waals surface area contributed by atoms with E-state index in [9.17, 15) is 4.79 Å². The van der Waals surface area contributed by atoms with Gasteiger partial charge in [-0.3, -0.25) is 9.78 Å². The van der Waals surface area contributed by atoms with Gasteiger partial charge in [-0.05, 0) is 25.5 Å². The van der Waals surface area contributed by atoms with Crippen LogP contribution in [0.1, 0.15) is 30.1 Å². The summed E-state index contributed by atoms with van der Waals surface area (Å²) in [7, 11) is 0. The van der Waals surface area contributed by atoms with Crippen LogP contribution >= 0.6 is 0 Å². The van der Waals surface area contributed by atoms with Crippen molar-refractivity contribution in [2.75, 3.05) is 18.8 Å². The lowest BCUT2D eigenvalue weighted by atomic mass is 9.76. The average molecular weight is 219 g/mol. The minimum Gasteiger partial charge on any atom is -0.398 e. The molecule has 16 heavy (non-hydrogen) atoms. The average Bonchev–Trinajstić information content (AvgIpc) is 2.30. The van der Waals surface area contributed by atoms with Gasteiger partial charge >= 0.3 is 0 Å². The molecule has 4 nitrogen and oxygen atoms in total. The number of aromatic nitrogens is 1. The third kappa shape index (κ3) is 1.93. The Hall–Kier alpha value is -1.42. The fourth-order valence-electron chi connectivity index (χ4n) is 2.17. The van der Waals surface area contributed by atoms with Gasteiger partial charge in [0.15, 0.2) is 5.78 Å². The molecule has 1 fully saturated rings. The van der Waals surface area contributed by atoms with Crippen molar-refractivity contribution in [3.63, 3.8) is 0 Å². The van der Waals surface area contributed by atoms with Gasteiger partial charge in [-0.15, -0.1) is 0 Å². The van der Waals surface area contributed by atoms with Crippen LogP contribution in [0.15, 0.2) is 18.5 Å². The maximum atomic E-state index is 12.4. The van der Waals surface area contributed by atoms with Crippen LogP contribution in [0.3, 0.4) is 0 Å². The van der Waals surface area contributed by atoms with Gasteiger partial charge in [-0.1, -0.05) is 6.92 Å². The quantitative estimate of drug-likeness (QED) is 0.734. The van der Waals surface area contributed by atoms with Gasteiger partial charge < -0.3 is 11.1 Å². The normalized spacial score (nSPS) is 25.3. The highest BCUT2D eigenvalue weighted by atomic mass is 16.1. The molecule has 0 bridgehead atoms. The molecule has 1 aromatic heterocycles. The third-order valence-electron chi connectivity index (χ3n) is 3.24. The molecule has 1 aliphatic heterocycles. The van der Waals surface area contributed by atoms with E-state index in [1.165, 1.54) is 0 Å². The molecule has 2 rings (SSSR count). The van der Waals surface area contributed by atoms with Gasteiger partial charge in [0.25, 0.3) is 0 Å². The fraction of sp³-hybridized carbons (Fsp3) is 0.500. The molecule has 1 unspecified atom stereocenters. The number of piperidine rings is 1. The van der Waals surface area contributed by atoms with Crippen LogP contribution in [0.25, 0.3) is 0 Å². The van der Waals surface area contributed by atoms with E-state index in [1.54, 1.807) is 18.5 Å². The van der Waals surface area contributed by atoms with E-state index in [0.29, 0.717) is 11.3 Å². The first kappa shape index (κ1) is 11.1. The van der Waals surface area contributed by atoms with Crippen molar-refractivity contribution in [1.82, 2.24) is 10.3 Å². The lowest BCUT2D eigenvalue weighted by molar-refractivity contribution is 0.0773. The lowest BCUT2D eigenvalue weighted by Gasteiger charge is -2.32.